The Labute approximate surface area is 156 Å². The van der Waals surface area contributed by atoms with Gasteiger partial charge in [-0.2, -0.15) is 4.31 Å². The van der Waals surface area contributed by atoms with Crippen molar-refractivity contribution in [1.82, 2.24) is 19.4 Å². The molecule has 2 aliphatic heterocycles. The average Bonchev–Trinajstić information content (AvgIpc) is 3.06. The molecule has 26 heavy (non-hydrogen) atoms. The summed E-state index contributed by atoms with van der Waals surface area (Å²) in [7, 11) is 0.302. The Hall–Kier alpha value is -1.64. The highest BCUT2D eigenvalue weighted by Crippen LogP contribution is 2.49. The summed E-state index contributed by atoms with van der Waals surface area (Å²) < 4.78 is 28.0. The molecule has 1 atom stereocenters. The summed E-state index contributed by atoms with van der Waals surface area (Å²) in [6, 6.07) is 7.13. The summed E-state index contributed by atoms with van der Waals surface area (Å²) in [6.45, 7) is 5.80. The van der Waals surface area contributed by atoms with E-state index in [1.807, 2.05) is 45.0 Å². The van der Waals surface area contributed by atoms with Crippen molar-refractivity contribution in [2.75, 3.05) is 40.3 Å². The van der Waals surface area contributed by atoms with Gasteiger partial charge >= 0.3 is 6.03 Å². The molecule has 1 saturated heterocycles. The first-order valence-corrected chi connectivity index (χ1v) is 10.4. The molecule has 0 radical (unpaired) electrons. The molecular formula is C18H28N4O3S. The summed E-state index contributed by atoms with van der Waals surface area (Å²) in [6.07, 6.45) is 0.613. The molecule has 1 fully saturated rings. The number of likely N-dealkylation sites (tertiary alicyclic amines) is 1. The van der Waals surface area contributed by atoms with Crippen LogP contribution in [-0.2, 0) is 15.6 Å². The second-order valence-corrected chi connectivity index (χ2v) is 9.51. The van der Waals surface area contributed by atoms with Crippen molar-refractivity contribution in [3.63, 3.8) is 0 Å². The molecule has 0 bridgehead atoms. The predicted octanol–water partition coefficient (Wildman–Crippen LogP) is 1.27. The van der Waals surface area contributed by atoms with Crippen LogP contribution < -0.4 is 5.32 Å². The van der Waals surface area contributed by atoms with Crippen molar-refractivity contribution in [1.29, 1.82) is 0 Å². The molecular weight excluding hydrogens is 352 g/mol. The highest BCUT2D eigenvalue weighted by Gasteiger charge is 2.57. The van der Waals surface area contributed by atoms with Gasteiger partial charge in [0, 0.05) is 32.2 Å². The molecule has 1 aromatic rings. The third-order valence-corrected chi connectivity index (χ3v) is 7.16. The smallest absolute Gasteiger partial charge is 0.317 e. The Morgan fingerprint density at radius 2 is 2.00 bits per heavy atom. The number of sulfonamides is 1. The van der Waals surface area contributed by atoms with Gasteiger partial charge in [-0.1, -0.05) is 18.2 Å². The molecule has 8 heteroatoms. The highest BCUT2D eigenvalue weighted by molar-refractivity contribution is 7.89. The summed E-state index contributed by atoms with van der Waals surface area (Å²) in [5.41, 5.74) is 0.151. The molecule has 2 amide bonds. The molecule has 2 heterocycles. The quantitative estimate of drug-likeness (QED) is 0.854. The van der Waals surface area contributed by atoms with Crippen LogP contribution in [-0.4, -0.2) is 74.9 Å². The third-order valence-electron chi connectivity index (χ3n) is 5.13. The predicted molar refractivity (Wildman–Crippen MR) is 100 cm³/mol. The van der Waals surface area contributed by atoms with Crippen LogP contribution in [0.2, 0.25) is 0 Å². The van der Waals surface area contributed by atoms with E-state index in [0.717, 1.165) is 5.56 Å². The summed E-state index contributed by atoms with van der Waals surface area (Å²) >= 11 is 0. The molecule has 144 valence electrons. The van der Waals surface area contributed by atoms with Gasteiger partial charge in [0.25, 0.3) is 0 Å². The highest BCUT2D eigenvalue weighted by atomic mass is 32.2. The normalized spacial score (nSPS) is 24.6. The number of nitrogens with one attached hydrogen (secondary N) is 1. The first-order chi connectivity index (χ1) is 12.2. The van der Waals surface area contributed by atoms with Crippen molar-refractivity contribution >= 4 is 16.1 Å². The van der Waals surface area contributed by atoms with Crippen molar-refractivity contribution < 1.29 is 13.2 Å². The standard InChI is InChI=1S/C18H28N4O3S/c1-14(2)19-17(23)21-10-9-18(13-21)15-7-5-6-8-16(15)26(24,25)22(18)12-11-20(3)4/h5-8,14H,9-13H2,1-4H3,(H,19,23)/t18-/m1/s1. The van der Waals surface area contributed by atoms with Gasteiger partial charge in [0.1, 0.15) is 0 Å². The van der Waals surface area contributed by atoms with E-state index in [1.165, 1.54) is 0 Å². The molecule has 1 N–H and O–H groups in total. The van der Waals surface area contributed by atoms with E-state index in [2.05, 4.69) is 5.32 Å². The van der Waals surface area contributed by atoms with E-state index in [1.54, 1.807) is 21.3 Å². The zero-order valence-corrected chi connectivity index (χ0v) is 16.7. The molecule has 3 rings (SSSR count). The largest absolute Gasteiger partial charge is 0.336 e. The van der Waals surface area contributed by atoms with Gasteiger partial charge in [-0.3, -0.25) is 0 Å². The molecule has 1 spiro atoms. The van der Waals surface area contributed by atoms with Crippen LogP contribution in [0.4, 0.5) is 4.79 Å². The maximum atomic E-state index is 13.2. The van der Waals surface area contributed by atoms with Gasteiger partial charge in [-0.25, -0.2) is 13.2 Å². The zero-order chi connectivity index (χ0) is 19.1. The summed E-state index contributed by atoms with van der Waals surface area (Å²) in [5.74, 6) is 0. The Kier molecular flexibility index (Phi) is 5.02. The summed E-state index contributed by atoms with van der Waals surface area (Å²) in [5, 5.41) is 2.91. The monoisotopic (exact) mass is 380 g/mol. The van der Waals surface area contributed by atoms with Crippen LogP contribution >= 0.6 is 0 Å². The number of hydrogen-bond acceptors (Lipinski definition) is 4. The van der Waals surface area contributed by atoms with E-state index >= 15 is 0 Å². The van der Waals surface area contributed by atoms with Crippen LogP contribution in [0, 0.1) is 0 Å². The number of hydrogen-bond donors (Lipinski definition) is 1. The minimum Gasteiger partial charge on any atom is -0.336 e. The van der Waals surface area contributed by atoms with Crippen LogP contribution in [0.3, 0.4) is 0 Å². The van der Waals surface area contributed by atoms with E-state index in [4.69, 9.17) is 0 Å². The second-order valence-electron chi connectivity index (χ2n) is 7.68. The zero-order valence-electron chi connectivity index (χ0n) is 15.9. The van der Waals surface area contributed by atoms with E-state index in [-0.39, 0.29) is 12.1 Å². The molecule has 2 aliphatic rings. The maximum Gasteiger partial charge on any atom is 0.317 e. The number of urea groups is 1. The minimum absolute atomic E-state index is 0.0449. The molecule has 1 aromatic carbocycles. The Morgan fingerprint density at radius 1 is 1.31 bits per heavy atom. The average molecular weight is 381 g/mol. The molecule has 0 saturated carbocycles. The first-order valence-electron chi connectivity index (χ1n) is 9.01. The van der Waals surface area contributed by atoms with Crippen LogP contribution in [0.15, 0.2) is 29.2 Å². The second kappa shape index (κ2) is 6.83. The maximum absolute atomic E-state index is 13.2. The molecule has 0 aromatic heterocycles. The first kappa shape index (κ1) is 19.1. The fourth-order valence-electron chi connectivity index (χ4n) is 3.91. The number of carbonyl (C=O) groups is 1. The fourth-order valence-corrected chi connectivity index (χ4v) is 5.97. The van der Waals surface area contributed by atoms with Crippen LogP contribution in [0.1, 0.15) is 25.8 Å². The number of fused-ring (bicyclic) bond motifs is 2. The lowest BCUT2D eigenvalue weighted by atomic mass is 9.89. The molecule has 0 aliphatic carbocycles. The Bertz CT molecular complexity index is 793. The summed E-state index contributed by atoms with van der Waals surface area (Å²) in [4.78, 5) is 16.6. The third kappa shape index (κ3) is 3.10. The van der Waals surface area contributed by atoms with Gasteiger partial charge in [0.15, 0.2) is 0 Å². The van der Waals surface area contributed by atoms with Crippen molar-refractivity contribution in [2.24, 2.45) is 0 Å². The van der Waals surface area contributed by atoms with Gasteiger partial charge in [-0.15, -0.1) is 0 Å². The topological polar surface area (TPSA) is 73.0 Å². The lowest BCUT2D eigenvalue weighted by Gasteiger charge is -2.34. The number of rotatable bonds is 4. The van der Waals surface area contributed by atoms with Crippen LogP contribution in [0.25, 0.3) is 0 Å². The fraction of sp³-hybridized carbons (Fsp3) is 0.611. The van der Waals surface area contributed by atoms with Gasteiger partial charge in [0.2, 0.25) is 10.0 Å². The number of amides is 2. The van der Waals surface area contributed by atoms with Crippen LogP contribution in [0.5, 0.6) is 0 Å². The van der Waals surface area contributed by atoms with Gasteiger partial charge in [0.05, 0.1) is 10.4 Å². The number of benzene rings is 1. The van der Waals surface area contributed by atoms with Gasteiger partial charge < -0.3 is 15.1 Å². The molecule has 7 nitrogen and oxygen atoms in total. The van der Waals surface area contributed by atoms with Crippen molar-refractivity contribution in [3.05, 3.63) is 29.8 Å². The number of likely N-dealkylation sites (N-methyl/N-ethyl adjacent to an activating group) is 1. The van der Waals surface area contributed by atoms with E-state index < -0.39 is 15.6 Å². The van der Waals surface area contributed by atoms with Crippen molar-refractivity contribution in [3.8, 4) is 0 Å². The van der Waals surface area contributed by atoms with Gasteiger partial charge in [-0.05, 0) is 46.0 Å². The Morgan fingerprint density at radius 3 is 2.65 bits per heavy atom. The van der Waals surface area contributed by atoms with E-state index in [0.29, 0.717) is 37.5 Å². The number of carbonyl (C=O) groups excluding carboxylic acids is 1. The SMILES string of the molecule is CC(C)NC(=O)N1CC[C@@]2(C1)c1ccccc1S(=O)(=O)N2CCN(C)C. The lowest BCUT2D eigenvalue weighted by Crippen LogP contribution is -2.50. The lowest BCUT2D eigenvalue weighted by molar-refractivity contribution is 0.173. The minimum atomic E-state index is -3.56. The van der Waals surface area contributed by atoms with Crippen molar-refractivity contribution in [2.45, 2.75) is 36.7 Å². The molecule has 0 unspecified atom stereocenters. The number of nitrogens with zero attached hydrogens (tertiary/aromatic N) is 3. The Balaban J connectivity index is 1.98. The van der Waals surface area contributed by atoms with E-state index in [9.17, 15) is 13.2 Å².